The van der Waals surface area contributed by atoms with Crippen molar-refractivity contribution in [1.29, 1.82) is 0 Å². The van der Waals surface area contributed by atoms with Crippen LogP contribution in [0.15, 0.2) is 12.2 Å². The van der Waals surface area contributed by atoms with Crippen LogP contribution in [0, 0.1) is 11.8 Å². The first-order valence-corrected chi connectivity index (χ1v) is 7.99. The summed E-state index contributed by atoms with van der Waals surface area (Å²) in [5.74, 6) is -0.403. The summed E-state index contributed by atoms with van der Waals surface area (Å²) in [6, 6.07) is 0.0166. The number of piperidine rings is 1. The molecule has 2 bridgehead atoms. The first-order chi connectivity index (χ1) is 10.5. The maximum absolute atomic E-state index is 12.3. The number of hydrogen-bond donors (Lipinski definition) is 0. The van der Waals surface area contributed by atoms with Crippen molar-refractivity contribution in [3.05, 3.63) is 12.2 Å². The molecule has 0 aromatic heterocycles. The van der Waals surface area contributed by atoms with Gasteiger partial charge in [-0.1, -0.05) is 12.2 Å². The van der Waals surface area contributed by atoms with Gasteiger partial charge in [0.15, 0.2) is 0 Å². The van der Waals surface area contributed by atoms with Gasteiger partial charge in [-0.05, 0) is 27.2 Å². The van der Waals surface area contributed by atoms with E-state index in [2.05, 4.69) is 0 Å². The molecule has 5 atom stereocenters. The quantitative estimate of drug-likeness (QED) is 0.587. The van der Waals surface area contributed by atoms with Crippen LogP contribution in [0.3, 0.4) is 0 Å². The average molecular weight is 309 g/mol. The Morgan fingerprint density at radius 2 is 2.05 bits per heavy atom. The summed E-state index contributed by atoms with van der Waals surface area (Å²) >= 11 is 0. The van der Waals surface area contributed by atoms with Gasteiger partial charge < -0.3 is 19.1 Å². The van der Waals surface area contributed by atoms with Gasteiger partial charge in [0.25, 0.3) is 0 Å². The van der Waals surface area contributed by atoms with Crippen LogP contribution in [0.4, 0.5) is 4.79 Å². The van der Waals surface area contributed by atoms with E-state index in [1.54, 1.807) is 11.8 Å². The molecule has 0 radical (unpaired) electrons. The smallest absolute Gasteiger partial charge is 0.410 e. The molecule has 0 aromatic carbocycles. The second-order valence-electron chi connectivity index (χ2n) is 6.19. The van der Waals surface area contributed by atoms with Crippen LogP contribution in [0.1, 0.15) is 27.2 Å². The molecule has 1 spiro atoms. The second-order valence-corrected chi connectivity index (χ2v) is 6.19. The lowest BCUT2D eigenvalue weighted by molar-refractivity contribution is -0.150. The van der Waals surface area contributed by atoms with E-state index in [4.69, 9.17) is 14.2 Å². The fourth-order valence-electron chi connectivity index (χ4n) is 3.98. The van der Waals surface area contributed by atoms with Crippen LogP contribution in [-0.2, 0) is 19.0 Å². The van der Waals surface area contributed by atoms with Gasteiger partial charge in [-0.25, -0.2) is 4.79 Å². The molecule has 3 rings (SSSR count). The number of hydrogen-bond acceptors (Lipinski definition) is 5. The lowest BCUT2D eigenvalue weighted by Gasteiger charge is -2.45. The first-order valence-electron chi connectivity index (χ1n) is 7.99. The lowest BCUT2D eigenvalue weighted by atomic mass is 9.70. The number of carbonyl (C=O) groups excluding carboxylic acids is 2. The van der Waals surface area contributed by atoms with Crippen molar-refractivity contribution < 1.29 is 23.8 Å². The molecule has 2 saturated heterocycles. The molecule has 3 aliphatic heterocycles. The highest BCUT2D eigenvalue weighted by atomic mass is 16.6. The summed E-state index contributed by atoms with van der Waals surface area (Å²) in [5, 5.41) is 0. The Hall–Kier alpha value is -1.56. The van der Waals surface area contributed by atoms with Crippen LogP contribution < -0.4 is 0 Å². The van der Waals surface area contributed by atoms with E-state index < -0.39 is 5.60 Å². The van der Waals surface area contributed by atoms with Crippen molar-refractivity contribution in [3.63, 3.8) is 0 Å². The number of amides is 1. The third-order valence-electron chi connectivity index (χ3n) is 4.94. The number of fused-ring (bicyclic) bond motifs is 1. The minimum atomic E-state index is -0.568. The van der Waals surface area contributed by atoms with E-state index >= 15 is 0 Å². The van der Waals surface area contributed by atoms with Crippen molar-refractivity contribution in [2.24, 2.45) is 11.8 Å². The molecule has 0 saturated carbocycles. The highest BCUT2D eigenvalue weighted by Crippen LogP contribution is 2.52. The van der Waals surface area contributed by atoms with E-state index in [1.165, 1.54) is 0 Å². The first kappa shape index (κ1) is 15.3. The summed E-state index contributed by atoms with van der Waals surface area (Å²) in [5.41, 5.74) is -0.568. The number of ether oxygens (including phenoxy) is 3. The minimum Gasteiger partial charge on any atom is -0.466 e. The summed E-state index contributed by atoms with van der Waals surface area (Å²) in [6.45, 7) is 6.74. The summed E-state index contributed by atoms with van der Waals surface area (Å²) in [7, 11) is 0. The topological polar surface area (TPSA) is 65.1 Å². The Bertz CT molecular complexity index is 505. The predicted molar refractivity (Wildman–Crippen MR) is 78.2 cm³/mol. The largest absolute Gasteiger partial charge is 0.466 e. The molecular weight excluding hydrogens is 286 g/mol. The monoisotopic (exact) mass is 309 g/mol. The Balaban J connectivity index is 1.82. The number of rotatable bonds is 3. The van der Waals surface area contributed by atoms with Crippen LogP contribution >= 0.6 is 0 Å². The van der Waals surface area contributed by atoms with Gasteiger partial charge in [-0.3, -0.25) is 4.79 Å². The van der Waals surface area contributed by atoms with Gasteiger partial charge in [-0.2, -0.15) is 0 Å². The van der Waals surface area contributed by atoms with Crippen molar-refractivity contribution in [3.8, 4) is 0 Å². The van der Waals surface area contributed by atoms with Gasteiger partial charge >= 0.3 is 12.1 Å². The molecule has 3 aliphatic rings. The normalized spacial score (nSPS) is 38.8. The average Bonchev–Trinajstić information content (AvgIpc) is 3.01. The lowest BCUT2D eigenvalue weighted by Crippen LogP contribution is -2.58. The fraction of sp³-hybridized carbons (Fsp3) is 0.750. The number of carbonyl (C=O) groups is 2. The van der Waals surface area contributed by atoms with Crippen molar-refractivity contribution in [1.82, 2.24) is 4.90 Å². The minimum absolute atomic E-state index is 0.0166. The third-order valence-corrected chi connectivity index (χ3v) is 4.94. The molecule has 1 amide bonds. The van der Waals surface area contributed by atoms with Crippen molar-refractivity contribution >= 4 is 12.1 Å². The maximum atomic E-state index is 12.3. The van der Waals surface area contributed by atoms with E-state index in [-0.39, 0.29) is 36.0 Å². The van der Waals surface area contributed by atoms with Gasteiger partial charge in [-0.15, -0.1) is 0 Å². The Morgan fingerprint density at radius 3 is 2.73 bits per heavy atom. The molecule has 6 nitrogen and oxygen atoms in total. The Labute approximate surface area is 130 Å². The van der Waals surface area contributed by atoms with Crippen LogP contribution in [0.5, 0.6) is 0 Å². The van der Waals surface area contributed by atoms with Crippen LogP contribution in [0.2, 0.25) is 0 Å². The Morgan fingerprint density at radius 1 is 1.32 bits per heavy atom. The second kappa shape index (κ2) is 5.57. The number of likely N-dealkylation sites (tertiary alicyclic amines) is 1. The molecule has 22 heavy (non-hydrogen) atoms. The maximum Gasteiger partial charge on any atom is 0.410 e. The summed E-state index contributed by atoms with van der Waals surface area (Å²) in [6.07, 6.45) is 4.10. The molecule has 2 fully saturated rings. The SMILES string of the molecule is CCOC(=O)[C@@H]1C2C[C@H](C)N(C(=O)OCC)C[C@]23C=C[C@H]1O3. The van der Waals surface area contributed by atoms with E-state index in [0.29, 0.717) is 26.2 Å². The van der Waals surface area contributed by atoms with Crippen molar-refractivity contribution in [2.45, 2.75) is 44.9 Å². The van der Waals surface area contributed by atoms with Crippen molar-refractivity contribution in [2.75, 3.05) is 19.8 Å². The standard InChI is InChI=1S/C16H23NO5/c1-4-20-14(18)13-11-8-10(3)17(15(19)21-5-2)9-16(11)7-6-12(13)22-16/h6-7,10-13H,4-5,8-9H2,1-3H3/t10-,11?,12+,13+,16+/m0/s1. The van der Waals surface area contributed by atoms with Gasteiger partial charge in [0.05, 0.1) is 31.8 Å². The third kappa shape index (κ3) is 2.20. The summed E-state index contributed by atoms with van der Waals surface area (Å²) in [4.78, 5) is 26.1. The zero-order valence-electron chi connectivity index (χ0n) is 13.3. The zero-order chi connectivity index (χ0) is 15.9. The fourth-order valence-corrected chi connectivity index (χ4v) is 3.98. The predicted octanol–water partition coefficient (Wildman–Crippen LogP) is 1.74. The molecule has 0 aliphatic carbocycles. The van der Waals surface area contributed by atoms with Gasteiger partial charge in [0, 0.05) is 12.0 Å². The molecule has 0 aromatic rings. The summed E-state index contributed by atoms with van der Waals surface area (Å²) < 4.78 is 16.4. The molecular formula is C16H23NO5. The van der Waals surface area contributed by atoms with Crippen LogP contribution in [-0.4, -0.2) is 54.5 Å². The zero-order valence-corrected chi connectivity index (χ0v) is 13.3. The highest BCUT2D eigenvalue weighted by Gasteiger charge is 2.62. The molecule has 0 N–H and O–H groups in total. The molecule has 6 heteroatoms. The molecule has 3 heterocycles. The molecule has 1 unspecified atom stereocenters. The van der Waals surface area contributed by atoms with E-state index in [0.717, 1.165) is 0 Å². The highest BCUT2D eigenvalue weighted by molar-refractivity contribution is 5.76. The number of esters is 1. The number of nitrogens with zero attached hydrogens (tertiary/aromatic N) is 1. The Kier molecular flexibility index (Phi) is 3.89. The van der Waals surface area contributed by atoms with E-state index in [1.807, 2.05) is 26.0 Å². The van der Waals surface area contributed by atoms with Gasteiger partial charge in [0.2, 0.25) is 0 Å². The van der Waals surface area contributed by atoms with E-state index in [9.17, 15) is 9.59 Å². The van der Waals surface area contributed by atoms with Gasteiger partial charge in [0.1, 0.15) is 5.60 Å². The van der Waals surface area contributed by atoms with Crippen LogP contribution in [0.25, 0.3) is 0 Å². The molecule has 122 valence electrons.